The van der Waals surface area contributed by atoms with Crippen molar-refractivity contribution in [1.29, 1.82) is 0 Å². The summed E-state index contributed by atoms with van der Waals surface area (Å²) in [5.74, 6) is 0. The first kappa shape index (κ1) is 14.5. The fraction of sp³-hybridized carbons (Fsp3) is 0.190. The van der Waals surface area contributed by atoms with E-state index < -0.39 is 0 Å². The average molecular weight is 287 g/mol. The van der Waals surface area contributed by atoms with E-state index in [1.165, 1.54) is 38.9 Å². The van der Waals surface area contributed by atoms with Crippen molar-refractivity contribution in [2.75, 3.05) is 0 Å². The molecule has 0 aliphatic rings. The van der Waals surface area contributed by atoms with Gasteiger partial charge in [-0.3, -0.25) is 4.98 Å². The lowest BCUT2D eigenvalue weighted by atomic mass is 9.88. The van der Waals surface area contributed by atoms with Crippen LogP contribution in [0.2, 0.25) is 0 Å². The molecule has 0 aliphatic carbocycles. The van der Waals surface area contributed by atoms with Crippen molar-refractivity contribution >= 4 is 0 Å². The molecule has 1 heteroatoms. The van der Waals surface area contributed by atoms with E-state index in [4.69, 9.17) is 0 Å². The lowest BCUT2D eigenvalue weighted by Crippen LogP contribution is -1.96. The third kappa shape index (κ3) is 2.43. The molecule has 0 bridgehead atoms. The van der Waals surface area contributed by atoms with Crippen LogP contribution in [-0.4, -0.2) is 4.98 Å². The van der Waals surface area contributed by atoms with Crippen molar-refractivity contribution in [3.05, 3.63) is 77.1 Å². The van der Waals surface area contributed by atoms with Gasteiger partial charge in [-0.05, 0) is 67.1 Å². The highest BCUT2D eigenvalue weighted by Crippen LogP contribution is 2.36. The zero-order valence-corrected chi connectivity index (χ0v) is 13.6. The first-order valence-corrected chi connectivity index (χ1v) is 7.68. The van der Waals surface area contributed by atoms with Gasteiger partial charge in [0.15, 0.2) is 0 Å². The minimum atomic E-state index is 1.08. The van der Waals surface area contributed by atoms with Crippen LogP contribution in [0, 0.1) is 27.7 Å². The van der Waals surface area contributed by atoms with Crippen molar-refractivity contribution in [2.45, 2.75) is 27.7 Å². The number of rotatable bonds is 2. The smallest absolute Gasteiger partial charge is 0.0451 e. The van der Waals surface area contributed by atoms with E-state index in [1.807, 2.05) is 12.3 Å². The van der Waals surface area contributed by atoms with Crippen molar-refractivity contribution < 1.29 is 0 Å². The Labute approximate surface area is 132 Å². The lowest BCUT2D eigenvalue weighted by molar-refractivity contribution is 1.19. The molecule has 0 saturated carbocycles. The van der Waals surface area contributed by atoms with Gasteiger partial charge < -0.3 is 0 Å². The zero-order valence-electron chi connectivity index (χ0n) is 13.6. The predicted molar refractivity (Wildman–Crippen MR) is 94.1 cm³/mol. The van der Waals surface area contributed by atoms with E-state index in [2.05, 4.69) is 75.1 Å². The topological polar surface area (TPSA) is 12.9 Å². The Kier molecular flexibility index (Phi) is 3.81. The van der Waals surface area contributed by atoms with E-state index in [0.29, 0.717) is 0 Å². The maximum Gasteiger partial charge on any atom is 0.0451 e. The summed E-state index contributed by atoms with van der Waals surface area (Å²) in [5.41, 5.74) is 10.2. The van der Waals surface area contributed by atoms with Crippen LogP contribution >= 0.6 is 0 Å². The number of pyridine rings is 1. The second-order valence-corrected chi connectivity index (χ2v) is 5.88. The third-order valence-corrected chi connectivity index (χ3v) is 4.38. The van der Waals surface area contributed by atoms with E-state index in [9.17, 15) is 0 Å². The summed E-state index contributed by atoms with van der Waals surface area (Å²) in [6.45, 7) is 8.64. The highest BCUT2D eigenvalue weighted by Gasteiger charge is 2.13. The van der Waals surface area contributed by atoms with Crippen LogP contribution in [-0.2, 0) is 0 Å². The molecule has 3 rings (SSSR count). The highest BCUT2D eigenvalue weighted by atomic mass is 14.7. The molecule has 0 spiro atoms. The molecule has 0 atom stereocenters. The highest BCUT2D eigenvalue weighted by molar-refractivity contribution is 5.82. The maximum atomic E-state index is 4.46. The van der Waals surface area contributed by atoms with E-state index >= 15 is 0 Å². The van der Waals surface area contributed by atoms with Gasteiger partial charge in [-0.25, -0.2) is 0 Å². The van der Waals surface area contributed by atoms with Gasteiger partial charge in [0.2, 0.25) is 0 Å². The van der Waals surface area contributed by atoms with Gasteiger partial charge in [-0.1, -0.05) is 42.5 Å². The number of nitrogens with zero attached hydrogens (tertiary/aromatic N) is 1. The summed E-state index contributed by atoms with van der Waals surface area (Å²) in [6, 6.07) is 17.2. The summed E-state index contributed by atoms with van der Waals surface area (Å²) in [4.78, 5) is 4.46. The van der Waals surface area contributed by atoms with Gasteiger partial charge in [-0.15, -0.1) is 0 Å². The Morgan fingerprint density at radius 2 is 1.36 bits per heavy atom. The van der Waals surface area contributed by atoms with Gasteiger partial charge >= 0.3 is 0 Å². The second kappa shape index (κ2) is 5.76. The molecule has 0 saturated heterocycles. The van der Waals surface area contributed by atoms with Crippen LogP contribution in [0.3, 0.4) is 0 Å². The number of hydrogen-bond donors (Lipinski definition) is 0. The van der Waals surface area contributed by atoms with E-state index in [1.54, 1.807) is 0 Å². The molecule has 0 radical (unpaired) electrons. The average Bonchev–Trinajstić information content (AvgIpc) is 2.50. The molecule has 110 valence electrons. The Morgan fingerprint density at radius 1 is 0.636 bits per heavy atom. The molecule has 0 fully saturated rings. The van der Waals surface area contributed by atoms with Gasteiger partial charge in [0, 0.05) is 17.5 Å². The first-order valence-electron chi connectivity index (χ1n) is 7.68. The summed E-state index contributed by atoms with van der Waals surface area (Å²) in [6.07, 6.45) is 1.86. The van der Waals surface area contributed by atoms with E-state index in [-0.39, 0.29) is 0 Å². The molecule has 22 heavy (non-hydrogen) atoms. The van der Waals surface area contributed by atoms with Gasteiger partial charge in [0.05, 0.1) is 0 Å². The van der Waals surface area contributed by atoms with Crippen LogP contribution in [0.4, 0.5) is 0 Å². The molecule has 2 aromatic carbocycles. The van der Waals surface area contributed by atoms with Crippen molar-refractivity contribution in [1.82, 2.24) is 4.98 Å². The Balaban J connectivity index is 2.28. The van der Waals surface area contributed by atoms with Crippen molar-refractivity contribution in [3.8, 4) is 22.3 Å². The fourth-order valence-corrected chi connectivity index (χ4v) is 3.18. The molecule has 1 heterocycles. The Morgan fingerprint density at radius 3 is 2.09 bits per heavy atom. The normalized spacial score (nSPS) is 10.7. The van der Waals surface area contributed by atoms with Crippen LogP contribution < -0.4 is 0 Å². The number of aromatic nitrogens is 1. The molecular formula is C21H21N. The SMILES string of the molecule is Cc1ccccc1-c1ccc(C)c(-c2cccnc2C)c1C. The molecule has 0 N–H and O–H groups in total. The molecule has 0 unspecified atom stereocenters. The van der Waals surface area contributed by atoms with Crippen LogP contribution in [0.1, 0.15) is 22.4 Å². The first-order chi connectivity index (χ1) is 10.6. The number of benzene rings is 2. The molecule has 1 aromatic heterocycles. The quantitative estimate of drug-likeness (QED) is 0.593. The Bertz CT molecular complexity index is 831. The fourth-order valence-electron chi connectivity index (χ4n) is 3.18. The van der Waals surface area contributed by atoms with Crippen LogP contribution in [0.15, 0.2) is 54.7 Å². The lowest BCUT2D eigenvalue weighted by Gasteiger charge is -2.17. The van der Waals surface area contributed by atoms with E-state index in [0.717, 1.165) is 5.69 Å². The molecule has 0 aliphatic heterocycles. The third-order valence-electron chi connectivity index (χ3n) is 4.38. The minimum Gasteiger partial charge on any atom is -0.261 e. The predicted octanol–water partition coefficient (Wildman–Crippen LogP) is 5.65. The van der Waals surface area contributed by atoms with Crippen LogP contribution in [0.5, 0.6) is 0 Å². The molecule has 0 amide bonds. The minimum absolute atomic E-state index is 1.08. The number of hydrogen-bond acceptors (Lipinski definition) is 1. The molecule has 3 aromatic rings. The summed E-state index contributed by atoms with van der Waals surface area (Å²) >= 11 is 0. The number of aryl methyl sites for hydroxylation is 3. The second-order valence-electron chi connectivity index (χ2n) is 5.88. The summed E-state index contributed by atoms with van der Waals surface area (Å²) in [7, 11) is 0. The largest absolute Gasteiger partial charge is 0.261 e. The monoisotopic (exact) mass is 287 g/mol. The standard InChI is InChI=1S/C21H21N/c1-14-8-5-6-9-18(14)19-12-11-15(2)21(16(19)3)20-10-7-13-22-17(20)4/h5-13H,1-4H3. The van der Waals surface area contributed by atoms with Gasteiger partial charge in [0.25, 0.3) is 0 Å². The molecule has 1 nitrogen and oxygen atoms in total. The Hall–Kier alpha value is -2.41. The zero-order chi connectivity index (χ0) is 15.7. The summed E-state index contributed by atoms with van der Waals surface area (Å²) in [5, 5.41) is 0. The summed E-state index contributed by atoms with van der Waals surface area (Å²) < 4.78 is 0. The maximum absolute atomic E-state index is 4.46. The van der Waals surface area contributed by atoms with Crippen molar-refractivity contribution in [2.24, 2.45) is 0 Å². The van der Waals surface area contributed by atoms with Crippen molar-refractivity contribution in [3.63, 3.8) is 0 Å². The molecular weight excluding hydrogens is 266 g/mol. The van der Waals surface area contributed by atoms with Gasteiger partial charge in [0.1, 0.15) is 0 Å². The van der Waals surface area contributed by atoms with Gasteiger partial charge in [-0.2, -0.15) is 0 Å². The van der Waals surface area contributed by atoms with Crippen LogP contribution in [0.25, 0.3) is 22.3 Å².